The summed E-state index contributed by atoms with van der Waals surface area (Å²) in [5.41, 5.74) is 0.672. The smallest absolute Gasteiger partial charge is 0.305 e. The Morgan fingerprint density at radius 2 is 1.80 bits per heavy atom. The summed E-state index contributed by atoms with van der Waals surface area (Å²) in [6, 6.07) is 8.11. The molecule has 0 saturated carbocycles. The number of rotatable bonds is 4. The molecule has 0 aromatic heterocycles. The monoisotopic (exact) mass is 275 g/mol. The number of carbonyl (C=O) groups is 3. The van der Waals surface area contributed by atoms with Crippen molar-refractivity contribution in [2.24, 2.45) is 5.92 Å². The van der Waals surface area contributed by atoms with Gasteiger partial charge >= 0.3 is 5.97 Å². The maximum atomic E-state index is 12.1. The van der Waals surface area contributed by atoms with Crippen LogP contribution < -0.4 is 0 Å². The number of hydrogen-bond acceptors (Lipinski definition) is 3. The lowest BCUT2D eigenvalue weighted by Crippen LogP contribution is -2.45. The number of imide groups is 1. The second-order valence-corrected chi connectivity index (χ2v) is 5.20. The first-order chi connectivity index (χ1) is 9.49. The molecule has 1 fully saturated rings. The summed E-state index contributed by atoms with van der Waals surface area (Å²) < 4.78 is 0. The van der Waals surface area contributed by atoms with Gasteiger partial charge in [-0.15, -0.1) is 0 Å². The molecule has 106 valence electrons. The van der Waals surface area contributed by atoms with E-state index < -0.39 is 12.0 Å². The predicted molar refractivity (Wildman–Crippen MR) is 71.7 cm³/mol. The van der Waals surface area contributed by atoms with E-state index in [0.717, 1.165) is 4.90 Å². The molecule has 1 N–H and O–H groups in total. The van der Waals surface area contributed by atoms with Crippen molar-refractivity contribution in [2.45, 2.75) is 32.2 Å². The third kappa shape index (κ3) is 3.04. The number of benzene rings is 1. The maximum Gasteiger partial charge on any atom is 0.305 e. The van der Waals surface area contributed by atoms with Gasteiger partial charge in [-0.05, 0) is 11.5 Å². The number of likely N-dealkylation sites (tertiary alicyclic amines) is 1. The molecule has 1 aromatic rings. The summed E-state index contributed by atoms with van der Waals surface area (Å²) in [5.74, 6) is -1.58. The molecule has 0 bridgehead atoms. The summed E-state index contributed by atoms with van der Waals surface area (Å²) >= 11 is 0. The van der Waals surface area contributed by atoms with Crippen molar-refractivity contribution in [2.75, 3.05) is 0 Å². The van der Waals surface area contributed by atoms with E-state index >= 15 is 0 Å². The molecule has 1 atom stereocenters. The number of carboxylic acids is 1. The Hall–Kier alpha value is -2.17. The second-order valence-electron chi connectivity index (χ2n) is 5.20. The highest BCUT2D eigenvalue weighted by Gasteiger charge is 2.37. The van der Waals surface area contributed by atoms with Crippen LogP contribution in [0.1, 0.15) is 37.8 Å². The molecule has 20 heavy (non-hydrogen) atoms. The highest BCUT2D eigenvalue weighted by Crippen LogP contribution is 2.30. The SMILES string of the molecule is CC1CC(=O)N(C(CC(=O)O)c2ccccc2)C(=O)C1. The molecule has 0 radical (unpaired) electrons. The Morgan fingerprint density at radius 1 is 1.25 bits per heavy atom. The summed E-state index contributed by atoms with van der Waals surface area (Å²) in [7, 11) is 0. The van der Waals surface area contributed by atoms with Gasteiger partial charge in [-0.1, -0.05) is 37.3 Å². The number of piperidine rings is 1. The standard InChI is InChI=1S/C15H17NO4/c1-10-7-13(17)16(14(18)8-10)12(9-15(19)20)11-5-3-2-4-6-11/h2-6,10,12H,7-9H2,1H3,(H,19,20). The van der Waals surface area contributed by atoms with Crippen molar-refractivity contribution < 1.29 is 19.5 Å². The number of carboxylic acid groups (broad SMARTS) is 1. The lowest BCUT2D eigenvalue weighted by molar-refractivity contribution is -0.154. The molecule has 0 aliphatic carbocycles. The summed E-state index contributed by atoms with van der Waals surface area (Å²) in [4.78, 5) is 36.4. The van der Waals surface area contributed by atoms with Gasteiger partial charge in [0.2, 0.25) is 11.8 Å². The first-order valence-corrected chi connectivity index (χ1v) is 6.60. The summed E-state index contributed by atoms with van der Waals surface area (Å²) in [6.45, 7) is 1.85. The van der Waals surface area contributed by atoms with Crippen molar-refractivity contribution in [3.05, 3.63) is 35.9 Å². The fourth-order valence-electron chi connectivity index (χ4n) is 2.55. The number of aliphatic carboxylic acids is 1. The van der Waals surface area contributed by atoms with Crippen LogP contribution in [0.5, 0.6) is 0 Å². The van der Waals surface area contributed by atoms with E-state index in [2.05, 4.69) is 0 Å². The molecular weight excluding hydrogens is 258 g/mol. The highest BCUT2D eigenvalue weighted by atomic mass is 16.4. The van der Waals surface area contributed by atoms with E-state index in [1.165, 1.54) is 0 Å². The fraction of sp³-hybridized carbons (Fsp3) is 0.400. The molecule has 1 unspecified atom stereocenters. The first-order valence-electron chi connectivity index (χ1n) is 6.60. The molecule has 0 spiro atoms. The Kier molecular flexibility index (Phi) is 4.17. The van der Waals surface area contributed by atoms with Crippen LogP contribution in [0.3, 0.4) is 0 Å². The Labute approximate surface area is 117 Å². The van der Waals surface area contributed by atoms with E-state index in [1.807, 2.05) is 13.0 Å². The lowest BCUT2D eigenvalue weighted by Gasteiger charge is -2.34. The van der Waals surface area contributed by atoms with Crippen LogP contribution in [0, 0.1) is 5.92 Å². The molecule has 1 aromatic carbocycles. The summed E-state index contributed by atoms with van der Waals surface area (Å²) in [5, 5.41) is 9.05. The van der Waals surface area contributed by atoms with Crippen LogP contribution in [-0.4, -0.2) is 27.8 Å². The van der Waals surface area contributed by atoms with Gasteiger partial charge < -0.3 is 5.11 Å². The van der Waals surface area contributed by atoms with Gasteiger partial charge in [-0.3, -0.25) is 19.3 Å². The van der Waals surface area contributed by atoms with Gasteiger partial charge in [0.1, 0.15) is 0 Å². The molecule has 5 nitrogen and oxygen atoms in total. The second kappa shape index (κ2) is 5.86. The van der Waals surface area contributed by atoms with Gasteiger partial charge in [-0.25, -0.2) is 0 Å². The summed E-state index contributed by atoms with van der Waals surface area (Å²) in [6.07, 6.45) is 0.305. The zero-order valence-electron chi connectivity index (χ0n) is 11.3. The zero-order valence-corrected chi connectivity index (χ0v) is 11.3. The van der Waals surface area contributed by atoms with Crippen LogP contribution in [0.15, 0.2) is 30.3 Å². The van der Waals surface area contributed by atoms with Gasteiger partial charge in [0.05, 0.1) is 12.5 Å². The largest absolute Gasteiger partial charge is 0.481 e. The van der Waals surface area contributed by atoms with Gasteiger partial charge in [-0.2, -0.15) is 0 Å². The number of nitrogens with zero attached hydrogens (tertiary/aromatic N) is 1. The van der Waals surface area contributed by atoms with Gasteiger partial charge in [0.25, 0.3) is 0 Å². The van der Waals surface area contributed by atoms with E-state index in [9.17, 15) is 14.4 Å². The normalized spacial score (nSPS) is 18.1. The highest BCUT2D eigenvalue weighted by molar-refractivity contribution is 5.98. The average Bonchev–Trinajstić information content (AvgIpc) is 2.37. The van der Waals surface area contributed by atoms with Crippen LogP contribution >= 0.6 is 0 Å². The van der Waals surface area contributed by atoms with Crippen molar-refractivity contribution in [1.29, 1.82) is 0 Å². The van der Waals surface area contributed by atoms with Crippen molar-refractivity contribution in [3.8, 4) is 0 Å². The topological polar surface area (TPSA) is 74.7 Å². The zero-order chi connectivity index (χ0) is 14.7. The predicted octanol–water partition coefficient (Wildman–Crippen LogP) is 1.99. The van der Waals surface area contributed by atoms with Crippen molar-refractivity contribution >= 4 is 17.8 Å². The molecule has 2 rings (SSSR count). The molecular formula is C15H17NO4. The van der Waals surface area contributed by atoms with E-state index in [4.69, 9.17) is 5.11 Å². The molecule has 1 heterocycles. The van der Waals surface area contributed by atoms with Gasteiger partial charge in [0.15, 0.2) is 0 Å². The maximum absolute atomic E-state index is 12.1. The average molecular weight is 275 g/mol. The van der Waals surface area contributed by atoms with Crippen LogP contribution in [0.2, 0.25) is 0 Å². The molecule has 5 heteroatoms. The Bertz CT molecular complexity index is 508. The Balaban J connectivity index is 2.33. The third-order valence-corrected chi connectivity index (χ3v) is 3.45. The van der Waals surface area contributed by atoms with Gasteiger partial charge in [0, 0.05) is 12.8 Å². The Morgan fingerprint density at radius 3 is 2.30 bits per heavy atom. The van der Waals surface area contributed by atoms with E-state index in [0.29, 0.717) is 5.56 Å². The number of amides is 2. The van der Waals surface area contributed by atoms with Crippen molar-refractivity contribution in [3.63, 3.8) is 0 Å². The molecule has 1 aliphatic rings. The minimum absolute atomic E-state index is 0.0208. The first kappa shape index (κ1) is 14.2. The minimum atomic E-state index is -1.03. The molecule has 1 aliphatic heterocycles. The van der Waals surface area contributed by atoms with Crippen LogP contribution in [-0.2, 0) is 14.4 Å². The number of carbonyl (C=O) groups excluding carboxylic acids is 2. The fourth-order valence-corrected chi connectivity index (χ4v) is 2.55. The van der Waals surface area contributed by atoms with Crippen LogP contribution in [0.4, 0.5) is 0 Å². The van der Waals surface area contributed by atoms with E-state index in [-0.39, 0.29) is 37.0 Å². The molecule has 2 amide bonds. The van der Waals surface area contributed by atoms with E-state index in [1.54, 1.807) is 24.3 Å². The minimum Gasteiger partial charge on any atom is -0.481 e. The molecule has 1 saturated heterocycles. The number of hydrogen-bond donors (Lipinski definition) is 1. The lowest BCUT2D eigenvalue weighted by atomic mass is 9.93. The quantitative estimate of drug-likeness (QED) is 0.853. The third-order valence-electron chi connectivity index (χ3n) is 3.45. The van der Waals surface area contributed by atoms with Crippen molar-refractivity contribution in [1.82, 2.24) is 4.90 Å². The van der Waals surface area contributed by atoms with Crippen LogP contribution in [0.25, 0.3) is 0 Å².